The number of benzene rings is 1. The fraction of sp³-hybridized carbons (Fsp3) is 0.333. The average molecular weight is 379 g/mol. The highest BCUT2D eigenvalue weighted by molar-refractivity contribution is 7.17. The molecule has 0 bridgehead atoms. The third-order valence-corrected chi connectivity index (χ3v) is 5.60. The number of nitrogens with one attached hydrogen (secondary N) is 1. The number of thiophene rings is 1. The van der Waals surface area contributed by atoms with Gasteiger partial charge in [0, 0.05) is 29.6 Å². The van der Waals surface area contributed by atoms with Crippen molar-refractivity contribution in [3.63, 3.8) is 0 Å². The first-order valence-electron chi connectivity index (χ1n) is 8.22. The Bertz CT molecular complexity index is 880. The summed E-state index contributed by atoms with van der Waals surface area (Å²) in [5.74, 6) is -3.36. The second-order valence-corrected chi connectivity index (χ2v) is 7.57. The molecular weight excluding hydrogens is 360 g/mol. The average Bonchev–Trinajstić information content (AvgIpc) is 2.94. The molecule has 5 nitrogen and oxygen atoms in total. The Morgan fingerprint density at radius 2 is 2.00 bits per heavy atom. The highest BCUT2D eigenvalue weighted by Crippen LogP contribution is 2.37. The lowest BCUT2D eigenvalue weighted by Crippen LogP contribution is -2.35. The Morgan fingerprint density at radius 1 is 1.27 bits per heavy atom. The molecule has 1 aliphatic heterocycles. The van der Waals surface area contributed by atoms with Gasteiger partial charge in [-0.1, -0.05) is 0 Å². The lowest BCUT2D eigenvalue weighted by Gasteiger charge is -2.30. The van der Waals surface area contributed by atoms with Gasteiger partial charge in [0.2, 0.25) is 0 Å². The van der Waals surface area contributed by atoms with E-state index in [1.165, 1.54) is 17.4 Å². The SMILES string of the molecule is CC(C)N1CCc2c(sc(NC(=O)c3ccc(F)c(F)c3)c2C(N)=O)C1. The third kappa shape index (κ3) is 3.47. The lowest BCUT2D eigenvalue weighted by atomic mass is 10.0. The summed E-state index contributed by atoms with van der Waals surface area (Å²) in [5.41, 5.74) is 6.67. The molecule has 0 fully saturated rings. The molecule has 3 N–H and O–H groups in total. The monoisotopic (exact) mass is 379 g/mol. The Balaban J connectivity index is 1.91. The number of carbonyl (C=O) groups is 2. The molecule has 2 heterocycles. The molecule has 0 atom stereocenters. The van der Waals surface area contributed by atoms with E-state index >= 15 is 0 Å². The molecule has 26 heavy (non-hydrogen) atoms. The van der Waals surface area contributed by atoms with Crippen molar-refractivity contribution < 1.29 is 18.4 Å². The van der Waals surface area contributed by atoms with Gasteiger partial charge in [-0.2, -0.15) is 0 Å². The first-order chi connectivity index (χ1) is 12.3. The van der Waals surface area contributed by atoms with Gasteiger partial charge in [0.1, 0.15) is 5.00 Å². The largest absolute Gasteiger partial charge is 0.365 e. The lowest BCUT2D eigenvalue weighted by molar-refractivity contribution is 0.0999. The van der Waals surface area contributed by atoms with Crippen LogP contribution in [0.2, 0.25) is 0 Å². The van der Waals surface area contributed by atoms with Gasteiger partial charge in [0.05, 0.1) is 5.56 Å². The number of nitrogens with zero attached hydrogens (tertiary/aromatic N) is 1. The Morgan fingerprint density at radius 3 is 2.62 bits per heavy atom. The molecule has 0 unspecified atom stereocenters. The molecule has 1 aliphatic rings. The second kappa shape index (κ2) is 7.13. The number of primary amides is 1. The van der Waals surface area contributed by atoms with E-state index in [4.69, 9.17) is 5.73 Å². The van der Waals surface area contributed by atoms with E-state index in [-0.39, 0.29) is 5.56 Å². The predicted octanol–water partition coefficient (Wildman–Crippen LogP) is 3.14. The number of rotatable bonds is 4. The summed E-state index contributed by atoms with van der Waals surface area (Å²) in [6.45, 7) is 5.68. The van der Waals surface area contributed by atoms with Crippen LogP contribution in [-0.2, 0) is 13.0 Å². The van der Waals surface area contributed by atoms with Crippen LogP contribution in [-0.4, -0.2) is 29.3 Å². The predicted molar refractivity (Wildman–Crippen MR) is 96.4 cm³/mol. The minimum absolute atomic E-state index is 0.0329. The number of anilines is 1. The van der Waals surface area contributed by atoms with Crippen LogP contribution in [0.15, 0.2) is 18.2 Å². The van der Waals surface area contributed by atoms with Crippen molar-refractivity contribution >= 4 is 28.2 Å². The van der Waals surface area contributed by atoms with Crippen LogP contribution in [0.5, 0.6) is 0 Å². The zero-order valence-electron chi connectivity index (χ0n) is 14.4. The Hall–Kier alpha value is -2.32. The van der Waals surface area contributed by atoms with Crippen LogP contribution in [0.3, 0.4) is 0 Å². The minimum atomic E-state index is -1.11. The van der Waals surface area contributed by atoms with Gasteiger partial charge in [-0.15, -0.1) is 11.3 Å². The number of hydrogen-bond acceptors (Lipinski definition) is 4. The molecule has 2 amide bonds. The fourth-order valence-electron chi connectivity index (χ4n) is 3.03. The third-order valence-electron chi connectivity index (χ3n) is 4.47. The number of hydrogen-bond donors (Lipinski definition) is 2. The topological polar surface area (TPSA) is 75.4 Å². The molecule has 3 rings (SSSR count). The van der Waals surface area contributed by atoms with Gasteiger partial charge >= 0.3 is 0 Å². The maximum atomic E-state index is 13.4. The molecule has 0 spiro atoms. The summed E-state index contributed by atoms with van der Waals surface area (Å²) in [6, 6.07) is 3.26. The zero-order chi connectivity index (χ0) is 19.0. The molecule has 138 valence electrons. The van der Waals surface area contributed by atoms with Gasteiger partial charge in [-0.3, -0.25) is 14.5 Å². The number of halogens is 2. The summed E-state index contributed by atoms with van der Waals surface area (Å²) in [6.07, 6.45) is 0.670. The molecular formula is C18H19F2N3O2S. The van der Waals surface area contributed by atoms with Gasteiger partial charge in [-0.05, 0) is 44.0 Å². The number of fused-ring (bicyclic) bond motifs is 1. The van der Waals surface area contributed by atoms with Gasteiger partial charge in [0.15, 0.2) is 11.6 Å². The first kappa shape index (κ1) is 18.5. The quantitative estimate of drug-likeness (QED) is 0.857. The second-order valence-electron chi connectivity index (χ2n) is 6.47. The smallest absolute Gasteiger partial charge is 0.256 e. The zero-order valence-corrected chi connectivity index (χ0v) is 15.3. The standard InChI is InChI=1S/C18H19F2N3O2S/c1-9(2)23-6-5-11-14(8-23)26-18(15(11)16(21)24)22-17(25)10-3-4-12(19)13(20)7-10/h3-4,7,9H,5-6,8H2,1-2H3,(H2,21,24)(H,22,25). The van der Waals surface area contributed by atoms with Crippen molar-refractivity contribution in [2.75, 3.05) is 11.9 Å². The van der Waals surface area contributed by atoms with E-state index in [2.05, 4.69) is 24.1 Å². The fourth-order valence-corrected chi connectivity index (χ4v) is 4.30. The molecule has 0 radical (unpaired) electrons. The van der Waals surface area contributed by atoms with Crippen molar-refractivity contribution in [2.45, 2.75) is 32.9 Å². The Kier molecular flexibility index (Phi) is 5.06. The van der Waals surface area contributed by atoms with E-state index < -0.39 is 23.4 Å². The van der Waals surface area contributed by atoms with Crippen LogP contribution < -0.4 is 11.1 Å². The van der Waals surface area contributed by atoms with Crippen LogP contribution >= 0.6 is 11.3 Å². The first-order valence-corrected chi connectivity index (χ1v) is 9.04. The summed E-state index contributed by atoms with van der Waals surface area (Å²) >= 11 is 1.30. The maximum Gasteiger partial charge on any atom is 0.256 e. The van der Waals surface area contributed by atoms with Crippen molar-refractivity contribution in [1.29, 1.82) is 0 Å². The van der Waals surface area contributed by atoms with Crippen LogP contribution in [0.1, 0.15) is 45.0 Å². The molecule has 1 aromatic carbocycles. The summed E-state index contributed by atoms with van der Waals surface area (Å²) in [4.78, 5) is 27.6. The van der Waals surface area contributed by atoms with E-state index in [1.54, 1.807) is 0 Å². The number of carbonyl (C=O) groups excluding carboxylic acids is 2. The molecule has 2 aromatic rings. The number of amides is 2. The molecule has 1 aromatic heterocycles. The van der Waals surface area contributed by atoms with Crippen LogP contribution in [0.4, 0.5) is 13.8 Å². The molecule has 0 saturated carbocycles. The highest BCUT2D eigenvalue weighted by atomic mass is 32.1. The van der Waals surface area contributed by atoms with Crippen LogP contribution in [0, 0.1) is 11.6 Å². The summed E-state index contributed by atoms with van der Waals surface area (Å²) in [7, 11) is 0. The van der Waals surface area contributed by atoms with E-state index in [9.17, 15) is 18.4 Å². The maximum absolute atomic E-state index is 13.4. The summed E-state index contributed by atoms with van der Waals surface area (Å²) in [5, 5.41) is 2.98. The molecule has 0 aliphatic carbocycles. The minimum Gasteiger partial charge on any atom is -0.365 e. The van der Waals surface area contributed by atoms with Crippen molar-refractivity contribution in [3.05, 3.63) is 51.4 Å². The Labute approximate surface area is 153 Å². The summed E-state index contributed by atoms with van der Waals surface area (Å²) < 4.78 is 26.4. The highest BCUT2D eigenvalue weighted by Gasteiger charge is 2.28. The van der Waals surface area contributed by atoms with Gasteiger partial charge in [0.25, 0.3) is 11.8 Å². The van der Waals surface area contributed by atoms with E-state index in [1.807, 2.05) is 0 Å². The van der Waals surface area contributed by atoms with Crippen molar-refractivity contribution in [3.8, 4) is 0 Å². The van der Waals surface area contributed by atoms with Crippen molar-refractivity contribution in [2.24, 2.45) is 5.73 Å². The van der Waals surface area contributed by atoms with E-state index in [0.29, 0.717) is 29.6 Å². The van der Waals surface area contributed by atoms with Gasteiger partial charge < -0.3 is 11.1 Å². The molecule has 0 saturated heterocycles. The van der Waals surface area contributed by atoms with Crippen molar-refractivity contribution in [1.82, 2.24) is 4.90 Å². The normalized spacial score (nSPS) is 14.3. The molecule has 8 heteroatoms. The van der Waals surface area contributed by atoms with E-state index in [0.717, 1.165) is 29.1 Å². The van der Waals surface area contributed by atoms with Crippen LogP contribution in [0.25, 0.3) is 0 Å². The number of nitrogens with two attached hydrogens (primary N) is 1. The van der Waals surface area contributed by atoms with Gasteiger partial charge in [-0.25, -0.2) is 8.78 Å².